The van der Waals surface area contributed by atoms with Crippen LogP contribution in [0.2, 0.25) is 0 Å². The lowest BCUT2D eigenvalue weighted by Crippen LogP contribution is -2.51. The number of halogens is 3. The number of carboxylic acid groups (broad SMARTS) is 1. The zero-order chi connectivity index (χ0) is 14.7. The van der Waals surface area contributed by atoms with Crippen LogP contribution < -0.4 is 0 Å². The molecule has 0 radical (unpaired) electrons. The predicted octanol–water partition coefficient (Wildman–Crippen LogP) is 0.720. The number of piperidine rings is 1. The van der Waals surface area contributed by atoms with Crippen LogP contribution in [-0.4, -0.2) is 63.4 Å². The van der Waals surface area contributed by atoms with E-state index in [0.29, 0.717) is 11.8 Å². The second-order valence-corrected chi connectivity index (χ2v) is 5.31. The van der Waals surface area contributed by atoms with Gasteiger partial charge < -0.3 is 15.1 Å². The molecule has 1 amide bonds. The van der Waals surface area contributed by atoms with Crippen molar-refractivity contribution in [3.63, 3.8) is 0 Å². The van der Waals surface area contributed by atoms with E-state index in [2.05, 4.69) is 0 Å². The van der Waals surface area contributed by atoms with Crippen molar-refractivity contribution in [1.29, 1.82) is 0 Å². The smallest absolute Gasteiger partial charge is 0.397 e. The SMILES string of the molecule is O=C(CSCC(F)(F)F)N1CCC(O)(C(=O)O)CC1. The van der Waals surface area contributed by atoms with Crippen LogP contribution in [0.3, 0.4) is 0 Å². The van der Waals surface area contributed by atoms with Crippen LogP contribution in [0, 0.1) is 0 Å². The summed E-state index contributed by atoms with van der Waals surface area (Å²) >= 11 is 0.473. The van der Waals surface area contributed by atoms with E-state index in [1.54, 1.807) is 0 Å². The number of nitrogens with zero attached hydrogens (tertiary/aromatic N) is 1. The van der Waals surface area contributed by atoms with Crippen LogP contribution >= 0.6 is 11.8 Å². The summed E-state index contributed by atoms with van der Waals surface area (Å²) in [5.41, 5.74) is -1.84. The Balaban J connectivity index is 2.35. The minimum atomic E-state index is -4.31. The van der Waals surface area contributed by atoms with Gasteiger partial charge in [0.25, 0.3) is 0 Å². The lowest BCUT2D eigenvalue weighted by Gasteiger charge is -2.35. The molecule has 1 aliphatic heterocycles. The van der Waals surface area contributed by atoms with Gasteiger partial charge in [0.2, 0.25) is 5.91 Å². The number of carbonyl (C=O) groups excluding carboxylic acids is 1. The summed E-state index contributed by atoms with van der Waals surface area (Å²) in [5.74, 6) is -3.20. The molecule has 5 nitrogen and oxygen atoms in total. The van der Waals surface area contributed by atoms with Crippen LogP contribution in [0.5, 0.6) is 0 Å². The highest BCUT2D eigenvalue weighted by molar-refractivity contribution is 8.00. The molecule has 0 aliphatic carbocycles. The second-order valence-electron chi connectivity index (χ2n) is 4.33. The molecule has 1 fully saturated rings. The highest BCUT2D eigenvalue weighted by Crippen LogP contribution is 2.24. The van der Waals surface area contributed by atoms with Gasteiger partial charge in [0.05, 0.1) is 11.5 Å². The Kier molecular flexibility index (Phi) is 5.08. The number of rotatable bonds is 4. The average molecular weight is 301 g/mol. The quantitative estimate of drug-likeness (QED) is 0.800. The Hall–Kier alpha value is -0.960. The third-order valence-electron chi connectivity index (χ3n) is 2.83. The monoisotopic (exact) mass is 301 g/mol. The number of hydrogen-bond acceptors (Lipinski definition) is 4. The van der Waals surface area contributed by atoms with E-state index in [-0.39, 0.29) is 31.7 Å². The highest BCUT2D eigenvalue weighted by Gasteiger charge is 2.40. The number of aliphatic hydroxyl groups is 1. The van der Waals surface area contributed by atoms with Gasteiger partial charge >= 0.3 is 12.1 Å². The number of thioether (sulfide) groups is 1. The van der Waals surface area contributed by atoms with Crippen LogP contribution in [0.1, 0.15) is 12.8 Å². The number of carbonyl (C=O) groups is 2. The van der Waals surface area contributed by atoms with E-state index < -0.39 is 29.4 Å². The fourth-order valence-corrected chi connectivity index (χ4v) is 2.38. The number of carboxylic acids is 1. The normalized spacial score (nSPS) is 19.3. The maximum absolute atomic E-state index is 11.9. The largest absolute Gasteiger partial charge is 0.479 e. The predicted molar refractivity (Wildman–Crippen MR) is 61.8 cm³/mol. The third kappa shape index (κ3) is 4.90. The summed E-state index contributed by atoms with van der Waals surface area (Å²) in [7, 11) is 0. The summed E-state index contributed by atoms with van der Waals surface area (Å²) in [6.45, 7) is 0.0718. The molecule has 0 bridgehead atoms. The van der Waals surface area contributed by atoms with Gasteiger partial charge in [-0.15, -0.1) is 11.8 Å². The molecule has 0 spiro atoms. The van der Waals surface area contributed by atoms with E-state index in [1.165, 1.54) is 4.90 Å². The van der Waals surface area contributed by atoms with E-state index in [0.717, 1.165) is 0 Å². The Morgan fingerprint density at radius 2 is 1.79 bits per heavy atom. The molecule has 0 aromatic carbocycles. The molecule has 0 unspecified atom stereocenters. The lowest BCUT2D eigenvalue weighted by atomic mass is 9.92. The molecule has 19 heavy (non-hydrogen) atoms. The maximum Gasteiger partial charge on any atom is 0.397 e. The van der Waals surface area contributed by atoms with Gasteiger partial charge in [-0.25, -0.2) is 4.79 Å². The molecule has 1 rings (SSSR count). The first kappa shape index (κ1) is 16.1. The number of likely N-dealkylation sites (tertiary alicyclic amines) is 1. The molecule has 1 saturated heterocycles. The summed E-state index contributed by atoms with van der Waals surface area (Å²) in [4.78, 5) is 23.6. The molecular formula is C10H14F3NO4S. The summed E-state index contributed by atoms with van der Waals surface area (Å²) < 4.78 is 35.7. The van der Waals surface area contributed by atoms with Crippen LogP contribution in [0.15, 0.2) is 0 Å². The highest BCUT2D eigenvalue weighted by atomic mass is 32.2. The minimum Gasteiger partial charge on any atom is -0.479 e. The van der Waals surface area contributed by atoms with Crippen molar-refractivity contribution in [1.82, 2.24) is 4.90 Å². The van der Waals surface area contributed by atoms with Crippen molar-refractivity contribution in [2.75, 3.05) is 24.6 Å². The van der Waals surface area contributed by atoms with Gasteiger partial charge in [-0.3, -0.25) is 4.79 Å². The lowest BCUT2D eigenvalue weighted by molar-refractivity contribution is -0.165. The first-order valence-electron chi connectivity index (χ1n) is 5.52. The maximum atomic E-state index is 11.9. The van der Waals surface area contributed by atoms with Gasteiger partial charge in [-0.2, -0.15) is 13.2 Å². The van der Waals surface area contributed by atoms with Crippen LogP contribution in [-0.2, 0) is 9.59 Å². The summed E-state index contributed by atoms with van der Waals surface area (Å²) in [6, 6.07) is 0. The average Bonchev–Trinajstić information content (AvgIpc) is 2.27. The number of alkyl halides is 3. The van der Waals surface area contributed by atoms with Crippen molar-refractivity contribution in [2.45, 2.75) is 24.6 Å². The molecule has 1 heterocycles. The van der Waals surface area contributed by atoms with Gasteiger partial charge in [0.15, 0.2) is 5.60 Å². The Bertz CT molecular complexity index is 353. The zero-order valence-electron chi connectivity index (χ0n) is 9.94. The first-order chi connectivity index (χ1) is 8.64. The molecular weight excluding hydrogens is 287 g/mol. The van der Waals surface area contributed by atoms with Crippen molar-refractivity contribution < 1.29 is 33.0 Å². The Morgan fingerprint density at radius 1 is 1.26 bits per heavy atom. The Labute approximate surface area is 111 Å². The molecule has 1 aliphatic rings. The van der Waals surface area contributed by atoms with Crippen molar-refractivity contribution >= 4 is 23.6 Å². The molecule has 0 aromatic heterocycles. The fourth-order valence-electron chi connectivity index (χ4n) is 1.69. The Morgan fingerprint density at radius 3 is 2.21 bits per heavy atom. The first-order valence-corrected chi connectivity index (χ1v) is 6.67. The number of amides is 1. The molecule has 0 saturated carbocycles. The van der Waals surface area contributed by atoms with Gasteiger partial charge in [0, 0.05) is 25.9 Å². The van der Waals surface area contributed by atoms with E-state index in [9.17, 15) is 27.9 Å². The van der Waals surface area contributed by atoms with E-state index in [1.807, 2.05) is 0 Å². The minimum absolute atomic E-state index is 0.0359. The van der Waals surface area contributed by atoms with Gasteiger partial charge in [-0.1, -0.05) is 0 Å². The number of aliphatic carboxylic acids is 1. The van der Waals surface area contributed by atoms with E-state index in [4.69, 9.17) is 5.11 Å². The molecule has 0 aromatic rings. The van der Waals surface area contributed by atoms with Crippen LogP contribution in [0.25, 0.3) is 0 Å². The fraction of sp³-hybridized carbons (Fsp3) is 0.800. The van der Waals surface area contributed by atoms with Crippen LogP contribution in [0.4, 0.5) is 13.2 Å². The number of hydrogen-bond donors (Lipinski definition) is 2. The van der Waals surface area contributed by atoms with Gasteiger partial charge in [0.1, 0.15) is 0 Å². The third-order valence-corrected chi connectivity index (χ3v) is 3.82. The molecule has 0 atom stereocenters. The second kappa shape index (κ2) is 6.00. The standard InChI is InChI=1S/C10H14F3NO4S/c11-10(12,13)6-19-5-7(15)14-3-1-9(18,2-4-14)8(16)17/h18H,1-6H2,(H,16,17). The van der Waals surface area contributed by atoms with Crippen molar-refractivity contribution in [3.8, 4) is 0 Å². The summed E-state index contributed by atoms with van der Waals surface area (Å²) in [5, 5.41) is 18.4. The van der Waals surface area contributed by atoms with E-state index >= 15 is 0 Å². The van der Waals surface area contributed by atoms with Crippen molar-refractivity contribution in [3.05, 3.63) is 0 Å². The summed E-state index contributed by atoms with van der Waals surface area (Å²) in [6.07, 6.45) is -4.54. The molecule has 110 valence electrons. The molecule has 2 N–H and O–H groups in total. The van der Waals surface area contributed by atoms with Gasteiger partial charge in [-0.05, 0) is 0 Å². The zero-order valence-corrected chi connectivity index (χ0v) is 10.8. The molecule has 9 heteroatoms. The van der Waals surface area contributed by atoms with Crippen molar-refractivity contribution in [2.24, 2.45) is 0 Å². The topological polar surface area (TPSA) is 77.8 Å².